The van der Waals surface area contributed by atoms with Crippen molar-refractivity contribution in [1.29, 1.82) is 0 Å². The first kappa shape index (κ1) is 26.3. The number of aromatic nitrogens is 4. The van der Waals surface area contributed by atoms with Gasteiger partial charge in [-0.05, 0) is 55.2 Å². The molecule has 3 heterocycles. The number of fused-ring (bicyclic) bond motifs is 1. The Morgan fingerprint density at radius 3 is 2.66 bits per heavy atom. The van der Waals surface area contributed by atoms with Gasteiger partial charge in [-0.25, -0.2) is 14.8 Å². The first-order chi connectivity index (χ1) is 20.1. The molecule has 9 heteroatoms. The molecule has 3 aromatic carbocycles. The predicted molar refractivity (Wildman–Crippen MR) is 160 cm³/mol. The van der Waals surface area contributed by atoms with Gasteiger partial charge in [-0.1, -0.05) is 60.7 Å². The highest BCUT2D eigenvalue weighted by molar-refractivity contribution is 5.81. The van der Waals surface area contributed by atoms with Crippen LogP contribution in [0.15, 0.2) is 97.5 Å². The van der Waals surface area contributed by atoms with E-state index in [2.05, 4.69) is 45.7 Å². The highest BCUT2D eigenvalue weighted by atomic mass is 16.6. The molecule has 0 radical (unpaired) electrons. The van der Waals surface area contributed by atoms with Crippen molar-refractivity contribution in [1.82, 2.24) is 24.4 Å². The Balaban J connectivity index is 1.12. The number of amides is 1. The van der Waals surface area contributed by atoms with E-state index in [0.717, 1.165) is 46.5 Å². The molecule has 2 unspecified atom stereocenters. The van der Waals surface area contributed by atoms with E-state index < -0.39 is 0 Å². The number of carbonyl (C=O) groups is 1. The Hall–Kier alpha value is -4.92. The zero-order chi connectivity index (χ0) is 28.0. The molecule has 1 aliphatic rings. The van der Waals surface area contributed by atoms with Crippen LogP contribution in [0.1, 0.15) is 36.9 Å². The average Bonchev–Trinajstić information content (AvgIpc) is 3.67. The number of carbonyl (C=O) groups excluding carboxylic acids is 1. The number of hydrogen-bond acceptors (Lipinski definition) is 7. The Bertz CT molecular complexity index is 1610. The zero-order valence-electron chi connectivity index (χ0n) is 23.0. The molecule has 1 aliphatic heterocycles. The molecule has 1 saturated heterocycles. The number of nitrogens with one attached hydrogen (secondary N) is 2. The lowest BCUT2D eigenvalue weighted by Crippen LogP contribution is -2.39. The second kappa shape index (κ2) is 12.1. The van der Waals surface area contributed by atoms with Gasteiger partial charge in [-0.15, -0.1) is 0 Å². The van der Waals surface area contributed by atoms with Gasteiger partial charge in [0, 0.05) is 25.0 Å². The maximum Gasteiger partial charge on any atom is 0.410 e. The van der Waals surface area contributed by atoms with Crippen molar-refractivity contribution in [3.05, 3.63) is 109 Å². The fourth-order valence-corrected chi connectivity index (χ4v) is 5.20. The van der Waals surface area contributed by atoms with Crippen LogP contribution in [0.2, 0.25) is 0 Å². The van der Waals surface area contributed by atoms with Crippen LogP contribution in [0.3, 0.4) is 0 Å². The highest BCUT2D eigenvalue weighted by Crippen LogP contribution is 2.24. The van der Waals surface area contributed by atoms with E-state index in [1.54, 1.807) is 12.5 Å². The number of rotatable bonds is 9. The minimum atomic E-state index is -0.263. The Kier molecular flexibility index (Phi) is 7.75. The third-order valence-electron chi connectivity index (χ3n) is 7.44. The monoisotopic (exact) mass is 547 g/mol. The van der Waals surface area contributed by atoms with E-state index in [1.165, 1.54) is 0 Å². The lowest BCUT2D eigenvalue weighted by Gasteiger charge is -2.24. The van der Waals surface area contributed by atoms with Gasteiger partial charge in [-0.3, -0.25) is 4.57 Å². The third kappa shape index (κ3) is 6.14. The first-order valence-electron chi connectivity index (χ1n) is 14.0. The molecule has 2 N–H and O–H groups in total. The average molecular weight is 548 g/mol. The summed E-state index contributed by atoms with van der Waals surface area (Å²) in [6.07, 6.45) is 5.17. The van der Waals surface area contributed by atoms with Crippen LogP contribution < -0.4 is 10.6 Å². The maximum absolute atomic E-state index is 12.8. The van der Waals surface area contributed by atoms with Gasteiger partial charge in [-0.2, -0.15) is 4.98 Å². The fourth-order valence-electron chi connectivity index (χ4n) is 5.20. The number of benzene rings is 3. The van der Waals surface area contributed by atoms with E-state index in [9.17, 15) is 4.79 Å². The van der Waals surface area contributed by atoms with Gasteiger partial charge in [0.15, 0.2) is 0 Å². The molecule has 1 amide bonds. The van der Waals surface area contributed by atoms with Crippen molar-refractivity contribution in [2.24, 2.45) is 0 Å². The van der Waals surface area contributed by atoms with E-state index in [1.807, 2.05) is 76.2 Å². The molecule has 5 aromatic rings. The second-order valence-electron chi connectivity index (χ2n) is 10.2. The van der Waals surface area contributed by atoms with Crippen LogP contribution in [0.4, 0.5) is 16.4 Å². The molecule has 0 bridgehead atoms. The molecule has 2 aromatic heterocycles. The number of anilines is 2. The third-order valence-corrected chi connectivity index (χ3v) is 7.44. The molecule has 2 atom stereocenters. The van der Waals surface area contributed by atoms with Crippen LogP contribution in [0.25, 0.3) is 16.9 Å². The number of nitrogens with zero attached hydrogens (tertiary/aromatic N) is 5. The molecule has 0 saturated carbocycles. The van der Waals surface area contributed by atoms with Gasteiger partial charge in [0.2, 0.25) is 5.95 Å². The number of imidazole rings is 1. The van der Waals surface area contributed by atoms with E-state index in [-0.39, 0.29) is 24.8 Å². The lowest BCUT2D eigenvalue weighted by molar-refractivity contribution is 0.0937. The van der Waals surface area contributed by atoms with Crippen LogP contribution >= 0.6 is 0 Å². The summed E-state index contributed by atoms with van der Waals surface area (Å²) >= 11 is 0. The summed E-state index contributed by atoms with van der Waals surface area (Å²) < 4.78 is 7.56. The largest absolute Gasteiger partial charge is 0.445 e. The molecule has 9 nitrogen and oxygen atoms in total. The molecule has 0 spiro atoms. The van der Waals surface area contributed by atoms with Crippen molar-refractivity contribution in [2.75, 3.05) is 23.7 Å². The van der Waals surface area contributed by atoms with Gasteiger partial charge in [0.25, 0.3) is 0 Å². The van der Waals surface area contributed by atoms with Gasteiger partial charge in [0.1, 0.15) is 18.8 Å². The van der Waals surface area contributed by atoms with Crippen LogP contribution in [-0.2, 0) is 11.3 Å². The normalized spacial score (nSPS) is 15.5. The molecule has 0 aliphatic carbocycles. The van der Waals surface area contributed by atoms with Gasteiger partial charge in [0.05, 0.1) is 23.1 Å². The van der Waals surface area contributed by atoms with E-state index in [0.29, 0.717) is 19.0 Å². The van der Waals surface area contributed by atoms with Crippen molar-refractivity contribution in [3.8, 4) is 5.82 Å². The summed E-state index contributed by atoms with van der Waals surface area (Å²) in [5.74, 6) is 1.28. The fraction of sp³-hybridized carbons (Fsp3) is 0.250. The minimum absolute atomic E-state index is 0.0626. The standard InChI is InChI=1S/C32H33N7O2/c1-23(25-11-6-3-7-12-25)36-31-33-17-16-30(37-31)39-22-35-28-15-14-26(19-29(28)39)34-20-27-13-8-18-38(27)32(40)41-21-24-9-4-2-5-10-24/h2-7,9-12,14-17,19,22-23,27,34H,8,13,18,20-21H2,1H3,(H,33,36,37). The Morgan fingerprint density at radius 2 is 1.83 bits per heavy atom. The van der Waals surface area contributed by atoms with Crippen molar-refractivity contribution in [3.63, 3.8) is 0 Å². The summed E-state index contributed by atoms with van der Waals surface area (Å²) in [5, 5.41) is 6.92. The van der Waals surface area contributed by atoms with Gasteiger partial charge >= 0.3 is 6.09 Å². The quantitative estimate of drug-likeness (QED) is 0.227. The van der Waals surface area contributed by atoms with Crippen LogP contribution in [0.5, 0.6) is 0 Å². The van der Waals surface area contributed by atoms with Crippen molar-refractivity contribution in [2.45, 2.75) is 38.5 Å². The highest BCUT2D eigenvalue weighted by Gasteiger charge is 2.29. The predicted octanol–water partition coefficient (Wildman–Crippen LogP) is 6.20. The number of hydrogen-bond donors (Lipinski definition) is 2. The molecule has 1 fully saturated rings. The molecule has 6 rings (SSSR count). The van der Waals surface area contributed by atoms with Crippen molar-refractivity contribution < 1.29 is 9.53 Å². The van der Waals surface area contributed by atoms with E-state index >= 15 is 0 Å². The van der Waals surface area contributed by atoms with Crippen LogP contribution in [-0.4, -0.2) is 49.6 Å². The molecular weight excluding hydrogens is 514 g/mol. The van der Waals surface area contributed by atoms with E-state index in [4.69, 9.17) is 9.72 Å². The van der Waals surface area contributed by atoms with Crippen molar-refractivity contribution >= 4 is 28.8 Å². The Labute approximate surface area is 239 Å². The topological polar surface area (TPSA) is 97.2 Å². The SMILES string of the molecule is CC(Nc1nccc(-n2cnc3ccc(NCC4CCCN4C(=O)OCc4ccccc4)cc32)n1)c1ccccc1. The summed E-state index contributed by atoms with van der Waals surface area (Å²) in [6.45, 7) is 3.71. The Morgan fingerprint density at radius 1 is 1.02 bits per heavy atom. The minimum Gasteiger partial charge on any atom is -0.445 e. The first-order valence-corrected chi connectivity index (χ1v) is 14.0. The zero-order valence-corrected chi connectivity index (χ0v) is 23.0. The molecular formula is C32H33N7O2. The number of likely N-dealkylation sites (tertiary alicyclic amines) is 1. The van der Waals surface area contributed by atoms with Crippen LogP contribution in [0, 0.1) is 0 Å². The number of ether oxygens (including phenoxy) is 1. The summed E-state index contributed by atoms with van der Waals surface area (Å²) in [7, 11) is 0. The van der Waals surface area contributed by atoms with Gasteiger partial charge < -0.3 is 20.3 Å². The molecule has 41 heavy (non-hydrogen) atoms. The smallest absolute Gasteiger partial charge is 0.410 e. The lowest BCUT2D eigenvalue weighted by atomic mass is 10.1. The molecule has 208 valence electrons. The maximum atomic E-state index is 12.8. The second-order valence-corrected chi connectivity index (χ2v) is 10.2. The summed E-state index contributed by atoms with van der Waals surface area (Å²) in [4.78, 5) is 28.4. The summed E-state index contributed by atoms with van der Waals surface area (Å²) in [5.41, 5.74) is 4.90. The summed E-state index contributed by atoms with van der Waals surface area (Å²) in [6, 6.07) is 28.1.